The van der Waals surface area contributed by atoms with Crippen molar-refractivity contribution >= 4 is 16.8 Å². The molecular formula is C21H22N4O2. The molecule has 0 aliphatic rings. The Morgan fingerprint density at radius 3 is 3.00 bits per heavy atom. The normalized spacial score (nSPS) is 12.3. The Labute approximate surface area is 157 Å². The Hall–Kier alpha value is -3.28. The summed E-state index contributed by atoms with van der Waals surface area (Å²) >= 11 is 0. The van der Waals surface area contributed by atoms with Gasteiger partial charge in [0.2, 0.25) is 0 Å². The third kappa shape index (κ3) is 3.95. The van der Waals surface area contributed by atoms with Crippen molar-refractivity contribution < 1.29 is 9.21 Å². The number of amides is 1. The number of H-pyrrole nitrogens is 1. The SMILES string of the molecule is CC(CCc1ccco1)NC(=O)c1cc(Cn2ccc3ccccc32)[nH]n1. The molecule has 1 unspecified atom stereocenters. The number of benzene rings is 1. The number of carbonyl (C=O) groups is 1. The summed E-state index contributed by atoms with van der Waals surface area (Å²) in [5.41, 5.74) is 2.46. The molecule has 6 heteroatoms. The highest BCUT2D eigenvalue weighted by Gasteiger charge is 2.14. The Morgan fingerprint density at radius 1 is 1.26 bits per heavy atom. The lowest BCUT2D eigenvalue weighted by molar-refractivity contribution is 0.0933. The Morgan fingerprint density at radius 2 is 2.15 bits per heavy atom. The highest BCUT2D eigenvalue weighted by Crippen LogP contribution is 2.16. The summed E-state index contributed by atoms with van der Waals surface area (Å²) in [6.45, 7) is 2.63. The second-order valence-electron chi connectivity index (χ2n) is 6.77. The van der Waals surface area contributed by atoms with Crippen LogP contribution in [-0.2, 0) is 13.0 Å². The number of para-hydroxylation sites is 1. The van der Waals surface area contributed by atoms with Crippen LogP contribution in [0.5, 0.6) is 0 Å². The molecule has 0 fully saturated rings. The summed E-state index contributed by atoms with van der Waals surface area (Å²) in [5.74, 6) is 0.763. The van der Waals surface area contributed by atoms with Gasteiger partial charge in [0.25, 0.3) is 5.91 Å². The van der Waals surface area contributed by atoms with E-state index in [2.05, 4.69) is 38.3 Å². The number of hydrogen-bond acceptors (Lipinski definition) is 3. The van der Waals surface area contributed by atoms with Crippen molar-refractivity contribution in [3.63, 3.8) is 0 Å². The number of aryl methyl sites for hydroxylation is 1. The molecule has 0 spiro atoms. The van der Waals surface area contributed by atoms with Crippen LogP contribution in [0.2, 0.25) is 0 Å². The number of fused-ring (bicyclic) bond motifs is 1. The van der Waals surface area contributed by atoms with E-state index in [1.54, 1.807) is 6.26 Å². The largest absolute Gasteiger partial charge is 0.469 e. The van der Waals surface area contributed by atoms with Crippen LogP contribution in [-0.4, -0.2) is 26.7 Å². The van der Waals surface area contributed by atoms with E-state index in [-0.39, 0.29) is 11.9 Å². The van der Waals surface area contributed by atoms with E-state index in [1.807, 2.05) is 43.5 Å². The average Bonchev–Trinajstić information content (AvgIpc) is 3.42. The van der Waals surface area contributed by atoms with E-state index in [1.165, 1.54) is 5.39 Å². The van der Waals surface area contributed by atoms with E-state index >= 15 is 0 Å². The fourth-order valence-electron chi connectivity index (χ4n) is 3.20. The summed E-state index contributed by atoms with van der Waals surface area (Å²) in [5, 5.41) is 11.3. The molecule has 0 radical (unpaired) electrons. The summed E-state index contributed by atoms with van der Waals surface area (Å²) in [6.07, 6.45) is 5.31. The molecule has 1 atom stereocenters. The van der Waals surface area contributed by atoms with Crippen molar-refractivity contribution in [1.82, 2.24) is 20.1 Å². The molecule has 0 aliphatic carbocycles. The Kier molecular flexibility index (Phi) is 4.78. The maximum Gasteiger partial charge on any atom is 0.271 e. The van der Waals surface area contributed by atoms with Gasteiger partial charge in [0.15, 0.2) is 0 Å². The highest BCUT2D eigenvalue weighted by atomic mass is 16.3. The van der Waals surface area contributed by atoms with Gasteiger partial charge in [-0.2, -0.15) is 5.10 Å². The van der Waals surface area contributed by atoms with Crippen molar-refractivity contribution in [1.29, 1.82) is 0 Å². The molecule has 0 aliphatic heterocycles. The summed E-state index contributed by atoms with van der Waals surface area (Å²) in [7, 11) is 0. The van der Waals surface area contributed by atoms with E-state index in [9.17, 15) is 4.79 Å². The first-order valence-electron chi connectivity index (χ1n) is 9.10. The molecule has 1 aromatic carbocycles. The number of nitrogens with one attached hydrogen (secondary N) is 2. The maximum atomic E-state index is 12.4. The fraction of sp³-hybridized carbons (Fsp3) is 0.238. The molecule has 4 aromatic rings. The van der Waals surface area contributed by atoms with E-state index in [0.29, 0.717) is 12.2 Å². The standard InChI is InChI=1S/C21H22N4O2/c1-15(8-9-18-6-4-12-27-18)22-21(26)19-13-17(23-24-19)14-25-11-10-16-5-2-3-7-20(16)25/h2-7,10-13,15H,8-9,14H2,1H3,(H,22,26)(H,23,24). The minimum Gasteiger partial charge on any atom is -0.469 e. The van der Waals surface area contributed by atoms with Gasteiger partial charge in [0, 0.05) is 24.2 Å². The van der Waals surface area contributed by atoms with Crippen molar-refractivity contribution in [3.05, 3.63) is 78.1 Å². The molecule has 6 nitrogen and oxygen atoms in total. The van der Waals surface area contributed by atoms with Gasteiger partial charge < -0.3 is 14.3 Å². The minimum absolute atomic E-state index is 0.0381. The van der Waals surface area contributed by atoms with Gasteiger partial charge in [-0.05, 0) is 49.1 Å². The number of aromatic nitrogens is 3. The van der Waals surface area contributed by atoms with Gasteiger partial charge in [0.1, 0.15) is 11.5 Å². The zero-order valence-electron chi connectivity index (χ0n) is 15.2. The van der Waals surface area contributed by atoms with E-state index in [0.717, 1.165) is 29.8 Å². The summed E-state index contributed by atoms with van der Waals surface area (Å²) in [6, 6.07) is 16.0. The topological polar surface area (TPSA) is 75.8 Å². The summed E-state index contributed by atoms with van der Waals surface area (Å²) < 4.78 is 7.46. The highest BCUT2D eigenvalue weighted by molar-refractivity contribution is 5.92. The molecule has 4 rings (SSSR count). The lowest BCUT2D eigenvalue weighted by Crippen LogP contribution is -2.33. The number of nitrogens with zero attached hydrogens (tertiary/aromatic N) is 2. The number of aromatic amines is 1. The maximum absolute atomic E-state index is 12.4. The van der Waals surface area contributed by atoms with Crippen LogP contribution in [0.25, 0.3) is 10.9 Å². The molecular weight excluding hydrogens is 340 g/mol. The third-order valence-electron chi connectivity index (χ3n) is 4.67. The summed E-state index contributed by atoms with van der Waals surface area (Å²) in [4.78, 5) is 12.4. The molecule has 138 valence electrons. The Bertz CT molecular complexity index is 1030. The third-order valence-corrected chi connectivity index (χ3v) is 4.67. The zero-order valence-corrected chi connectivity index (χ0v) is 15.2. The van der Waals surface area contributed by atoms with Gasteiger partial charge in [-0.15, -0.1) is 0 Å². The van der Waals surface area contributed by atoms with E-state index < -0.39 is 0 Å². The first kappa shape index (κ1) is 17.1. The van der Waals surface area contributed by atoms with Gasteiger partial charge in [-0.25, -0.2) is 0 Å². The quantitative estimate of drug-likeness (QED) is 0.526. The van der Waals surface area contributed by atoms with Crippen molar-refractivity contribution in [2.45, 2.75) is 32.4 Å². The Balaban J connectivity index is 1.36. The van der Waals surface area contributed by atoms with Crippen LogP contribution < -0.4 is 5.32 Å². The molecule has 2 N–H and O–H groups in total. The predicted molar refractivity (Wildman–Crippen MR) is 104 cm³/mol. The van der Waals surface area contributed by atoms with Crippen molar-refractivity contribution in [2.24, 2.45) is 0 Å². The van der Waals surface area contributed by atoms with Crippen LogP contribution in [0.15, 0.2) is 65.4 Å². The molecule has 0 saturated heterocycles. The predicted octanol–water partition coefficient (Wildman–Crippen LogP) is 3.76. The van der Waals surface area contributed by atoms with Gasteiger partial charge >= 0.3 is 0 Å². The van der Waals surface area contributed by atoms with Crippen molar-refractivity contribution in [3.8, 4) is 0 Å². The average molecular weight is 362 g/mol. The fourth-order valence-corrected chi connectivity index (χ4v) is 3.20. The van der Waals surface area contributed by atoms with Gasteiger partial charge in [-0.3, -0.25) is 9.89 Å². The van der Waals surface area contributed by atoms with Crippen LogP contribution in [0.4, 0.5) is 0 Å². The number of carbonyl (C=O) groups excluding carboxylic acids is 1. The monoisotopic (exact) mass is 362 g/mol. The first-order valence-corrected chi connectivity index (χ1v) is 9.10. The molecule has 3 aromatic heterocycles. The second kappa shape index (κ2) is 7.53. The molecule has 3 heterocycles. The van der Waals surface area contributed by atoms with Crippen LogP contribution in [0, 0.1) is 0 Å². The first-order chi connectivity index (χ1) is 13.2. The lowest BCUT2D eigenvalue weighted by atomic mass is 10.1. The number of furan rings is 1. The lowest BCUT2D eigenvalue weighted by Gasteiger charge is -2.11. The molecule has 1 amide bonds. The van der Waals surface area contributed by atoms with Gasteiger partial charge in [0.05, 0.1) is 18.5 Å². The van der Waals surface area contributed by atoms with Gasteiger partial charge in [-0.1, -0.05) is 18.2 Å². The smallest absolute Gasteiger partial charge is 0.271 e. The van der Waals surface area contributed by atoms with Crippen LogP contribution in [0.1, 0.15) is 35.3 Å². The number of rotatable bonds is 7. The van der Waals surface area contributed by atoms with E-state index in [4.69, 9.17) is 4.42 Å². The van der Waals surface area contributed by atoms with Crippen LogP contribution in [0.3, 0.4) is 0 Å². The zero-order chi connectivity index (χ0) is 18.6. The molecule has 27 heavy (non-hydrogen) atoms. The second-order valence-corrected chi connectivity index (χ2v) is 6.77. The number of hydrogen-bond donors (Lipinski definition) is 2. The van der Waals surface area contributed by atoms with Crippen LogP contribution >= 0.6 is 0 Å². The van der Waals surface area contributed by atoms with Crippen molar-refractivity contribution in [2.75, 3.05) is 0 Å². The molecule has 0 bridgehead atoms. The molecule has 0 saturated carbocycles. The minimum atomic E-state index is -0.165.